The fraction of sp³-hybridized carbons (Fsp3) is 0.176. The number of hydrogen-bond donors (Lipinski definition) is 1. The van der Waals surface area contributed by atoms with Gasteiger partial charge in [-0.15, -0.1) is 0 Å². The molecule has 0 aliphatic rings. The van der Waals surface area contributed by atoms with Gasteiger partial charge >= 0.3 is 0 Å². The highest BCUT2D eigenvalue weighted by Crippen LogP contribution is 2.21. The molecule has 0 aliphatic carbocycles. The van der Waals surface area contributed by atoms with Crippen LogP contribution in [0, 0.1) is 6.92 Å². The van der Waals surface area contributed by atoms with E-state index in [2.05, 4.69) is 21.2 Å². The van der Waals surface area contributed by atoms with E-state index in [1.165, 1.54) is 11.8 Å². The molecule has 0 radical (unpaired) electrons. The third kappa shape index (κ3) is 4.81. The minimum Gasteiger partial charge on any atom is -0.324 e. The fourth-order valence-corrected chi connectivity index (χ4v) is 2.50. The molecular formula is C17H16BrClN2O2. The number of carbonyl (C=O) groups excluding carboxylic acids is 2. The molecule has 6 heteroatoms. The van der Waals surface area contributed by atoms with E-state index in [4.69, 9.17) is 11.6 Å². The van der Waals surface area contributed by atoms with Crippen molar-refractivity contribution in [2.24, 2.45) is 0 Å². The molecule has 0 unspecified atom stereocenters. The summed E-state index contributed by atoms with van der Waals surface area (Å²) in [6.07, 6.45) is 0. The van der Waals surface area contributed by atoms with Crippen LogP contribution in [0.4, 0.5) is 11.4 Å². The monoisotopic (exact) mass is 394 g/mol. The lowest BCUT2D eigenvalue weighted by atomic mass is 10.2. The number of hydrogen-bond acceptors (Lipinski definition) is 2. The third-order valence-corrected chi connectivity index (χ3v) is 4.06. The molecule has 0 saturated carbocycles. The minimum atomic E-state index is -0.284. The predicted octanol–water partition coefficient (Wildman–Crippen LogP) is 4.40. The van der Waals surface area contributed by atoms with E-state index in [0.717, 1.165) is 10.0 Å². The summed E-state index contributed by atoms with van der Waals surface area (Å²) in [7, 11) is 0. The molecule has 2 aromatic rings. The van der Waals surface area contributed by atoms with Crippen molar-refractivity contribution in [2.45, 2.75) is 13.8 Å². The van der Waals surface area contributed by atoms with E-state index < -0.39 is 0 Å². The SMILES string of the molecule is CC(=O)N(CC(=O)Nc1cc(Cl)ccc1C)c1ccc(Br)cc1. The largest absolute Gasteiger partial charge is 0.324 e. The zero-order valence-electron chi connectivity index (χ0n) is 12.8. The molecule has 0 atom stereocenters. The highest BCUT2D eigenvalue weighted by atomic mass is 79.9. The zero-order chi connectivity index (χ0) is 17.0. The van der Waals surface area contributed by atoms with Crippen molar-refractivity contribution in [1.82, 2.24) is 0 Å². The van der Waals surface area contributed by atoms with Crippen LogP contribution in [0.15, 0.2) is 46.9 Å². The Labute approximate surface area is 148 Å². The number of benzene rings is 2. The summed E-state index contributed by atoms with van der Waals surface area (Å²) in [5.41, 5.74) is 2.21. The van der Waals surface area contributed by atoms with Gasteiger partial charge < -0.3 is 10.2 Å². The molecule has 2 aromatic carbocycles. The summed E-state index contributed by atoms with van der Waals surface area (Å²) in [6, 6.07) is 12.5. The molecule has 0 spiro atoms. The molecule has 1 N–H and O–H groups in total. The number of nitrogens with one attached hydrogen (secondary N) is 1. The Morgan fingerprint density at radius 1 is 1.17 bits per heavy atom. The van der Waals surface area contributed by atoms with Crippen LogP contribution in [0.3, 0.4) is 0 Å². The lowest BCUT2D eigenvalue weighted by Gasteiger charge is -2.21. The van der Waals surface area contributed by atoms with Gasteiger partial charge in [-0.25, -0.2) is 0 Å². The van der Waals surface area contributed by atoms with E-state index in [9.17, 15) is 9.59 Å². The first-order valence-electron chi connectivity index (χ1n) is 6.96. The Morgan fingerprint density at radius 3 is 2.43 bits per heavy atom. The molecule has 0 aromatic heterocycles. The van der Waals surface area contributed by atoms with Crippen molar-refractivity contribution >= 4 is 50.7 Å². The topological polar surface area (TPSA) is 49.4 Å². The molecule has 2 amide bonds. The maximum Gasteiger partial charge on any atom is 0.244 e. The van der Waals surface area contributed by atoms with E-state index in [-0.39, 0.29) is 18.4 Å². The summed E-state index contributed by atoms with van der Waals surface area (Å²) < 4.78 is 0.906. The van der Waals surface area contributed by atoms with Crippen LogP contribution in [0.25, 0.3) is 0 Å². The first kappa shape index (κ1) is 17.5. The molecule has 0 fully saturated rings. The lowest BCUT2D eigenvalue weighted by Crippen LogP contribution is -2.36. The van der Waals surface area contributed by atoms with Crippen molar-refractivity contribution in [2.75, 3.05) is 16.8 Å². The zero-order valence-corrected chi connectivity index (χ0v) is 15.1. The normalized spacial score (nSPS) is 10.3. The van der Waals surface area contributed by atoms with Gasteiger partial charge in [0.25, 0.3) is 0 Å². The van der Waals surface area contributed by atoms with Gasteiger partial charge in [0.1, 0.15) is 6.54 Å². The van der Waals surface area contributed by atoms with Crippen LogP contribution < -0.4 is 10.2 Å². The van der Waals surface area contributed by atoms with E-state index in [1.807, 2.05) is 25.1 Å². The third-order valence-electron chi connectivity index (χ3n) is 3.29. The van der Waals surface area contributed by atoms with Crippen molar-refractivity contribution in [3.63, 3.8) is 0 Å². The van der Waals surface area contributed by atoms with Gasteiger partial charge in [-0.05, 0) is 48.9 Å². The van der Waals surface area contributed by atoms with Crippen LogP contribution in [0.1, 0.15) is 12.5 Å². The average Bonchev–Trinajstić information content (AvgIpc) is 2.49. The standard InChI is InChI=1S/C17H16BrClN2O2/c1-11-3-6-14(19)9-16(11)20-17(23)10-21(12(2)22)15-7-4-13(18)5-8-15/h3-9H,10H2,1-2H3,(H,20,23). The van der Waals surface area contributed by atoms with Crippen LogP contribution >= 0.6 is 27.5 Å². The van der Waals surface area contributed by atoms with Crippen molar-refractivity contribution < 1.29 is 9.59 Å². The van der Waals surface area contributed by atoms with Crippen LogP contribution in [0.2, 0.25) is 5.02 Å². The van der Waals surface area contributed by atoms with E-state index in [0.29, 0.717) is 16.4 Å². The lowest BCUT2D eigenvalue weighted by molar-refractivity contribution is -0.120. The van der Waals surface area contributed by atoms with Crippen molar-refractivity contribution in [3.05, 3.63) is 57.5 Å². The van der Waals surface area contributed by atoms with Gasteiger partial charge in [0.2, 0.25) is 11.8 Å². The number of anilines is 2. The van der Waals surface area contributed by atoms with Gasteiger partial charge in [-0.2, -0.15) is 0 Å². The Bertz CT molecular complexity index is 732. The molecule has 2 rings (SSSR count). The number of rotatable bonds is 4. The van der Waals surface area contributed by atoms with Crippen LogP contribution in [0.5, 0.6) is 0 Å². The van der Waals surface area contributed by atoms with Crippen LogP contribution in [-0.2, 0) is 9.59 Å². The maximum atomic E-state index is 12.3. The number of aryl methyl sites for hydroxylation is 1. The molecule has 0 aliphatic heterocycles. The second kappa shape index (κ2) is 7.62. The quantitative estimate of drug-likeness (QED) is 0.834. The highest BCUT2D eigenvalue weighted by Gasteiger charge is 2.16. The molecule has 0 saturated heterocycles. The Hall–Kier alpha value is -1.85. The Kier molecular flexibility index (Phi) is 5.80. The molecule has 0 heterocycles. The first-order chi connectivity index (χ1) is 10.9. The Morgan fingerprint density at radius 2 is 1.83 bits per heavy atom. The number of halogens is 2. The predicted molar refractivity (Wildman–Crippen MR) is 97.0 cm³/mol. The summed E-state index contributed by atoms with van der Waals surface area (Å²) in [6.45, 7) is 3.24. The van der Waals surface area contributed by atoms with Gasteiger partial charge in [-0.3, -0.25) is 9.59 Å². The second-order valence-corrected chi connectivity index (χ2v) is 6.44. The highest BCUT2D eigenvalue weighted by molar-refractivity contribution is 9.10. The molecule has 23 heavy (non-hydrogen) atoms. The van der Waals surface area contributed by atoms with Gasteiger partial charge in [0, 0.05) is 27.8 Å². The summed E-state index contributed by atoms with van der Waals surface area (Å²) in [5.74, 6) is -0.487. The summed E-state index contributed by atoms with van der Waals surface area (Å²) >= 11 is 9.29. The molecule has 0 bridgehead atoms. The van der Waals surface area contributed by atoms with E-state index >= 15 is 0 Å². The van der Waals surface area contributed by atoms with Gasteiger partial charge in [-0.1, -0.05) is 33.6 Å². The molecule has 4 nitrogen and oxygen atoms in total. The van der Waals surface area contributed by atoms with E-state index in [1.54, 1.807) is 24.3 Å². The fourth-order valence-electron chi connectivity index (χ4n) is 2.07. The second-order valence-electron chi connectivity index (χ2n) is 5.09. The summed E-state index contributed by atoms with van der Waals surface area (Å²) in [5, 5.41) is 3.33. The minimum absolute atomic E-state index is 0.0665. The number of amides is 2. The molecule has 120 valence electrons. The first-order valence-corrected chi connectivity index (χ1v) is 8.13. The van der Waals surface area contributed by atoms with Gasteiger partial charge in [0.05, 0.1) is 0 Å². The van der Waals surface area contributed by atoms with Crippen LogP contribution in [-0.4, -0.2) is 18.4 Å². The van der Waals surface area contributed by atoms with Crippen molar-refractivity contribution in [3.8, 4) is 0 Å². The smallest absolute Gasteiger partial charge is 0.244 e. The van der Waals surface area contributed by atoms with Crippen molar-refractivity contribution in [1.29, 1.82) is 0 Å². The average molecular weight is 396 g/mol. The summed E-state index contributed by atoms with van der Waals surface area (Å²) in [4.78, 5) is 25.5. The number of carbonyl (C=O) groups is 2. The number of nitrogens with zero attached hydrogens (tertiary/aromatic N) is 1. The molecular weight excluding hydrogens is 380 g/mol. The Balaban J connectivity index is 2.14. The maximum absolute atomic E-state index is 12.3. The van der Waals surface area contributed by atoms with Gasteiger partial charge in [0.15, 0.2) is 0 Å².